The molecule has 9 heteroatoms. The highest BCUT2D eigenvalue weighted by molar-refractivity contribution is 5.27. The molecule has 1 saturated heterocycles. The second kappa shape index (κ2) is 9.74. The molecule has 152 valence electrons. The van der Waals surface area contributed by atoms with Crippen molar-refractivity contribution in [3.63, 3.8) is 0 Å². The van der Waals surface area contributed by atoms with E-state index in [-0.39, 0.29) is 24.9 Å². The van der Waals surface area contributed by atoms with Crippen molar-refractivity contribution in [2.24, 2.45) is 0 Å². The maximum absolute atomic E-state index is 10.7. The average Bonchev–Trinajstić information content (AvgIpc) is 3.32. The van der Waals surface area contributed by atoms with Crippen molar-refractivity contribution in [1.29, 1.82) is 0 Å². The minimum Gasteiger partial charge on any atom is -0.395 e. The minimum absolute atomic E-state index is 0.0859. The molecule has 0 spiro atoms. The molecule has 1 aromatic carbocycles. The molecular formula is C19H27N5O4. The summed E-state index contributed by atoms with van der Waals surface area (Å²) < 4.78 is 1.38. The van der Waals surface area contributed by atoms with E-state index < -0.39 is 11.0 Å². The summed E-state index contributed by atoms with van der Waals surface area (Å²) >= 11 is 0. The topological polar surface area (TPSA) is 117 Å². The van der Waals surface area contributed by atoms with Crippen molar-refractivity contribution >= 4 is 5.69 Å². The van der Waals surface area contributed by atoms with E-state index >= 15 is 0 Å². The molecule has 9 nitrogen and oxygen atoms in total. The van der Waals surface area contributed by atoms with Gasteiger partial charge >= 0.3 is 5.69 Å². The summed E-state index contributed by atoms with van der Waals surface area (Å²) in [5.41, 5.74) is 2.29. The zero-order chi connectivity index (χ0) is 19.9. The number of aliphatic hydroxyl groups excluding tert-OH is 2. The molecule has 3 rings (SSSR count). The second-order valence-electron chi connectivity index (χ2n) is 7.18. The van der Waals surface area contributed by atoms with Gasteiger partial charge in [0.05, 0.1) is 24.2 Å². The quantitative estimate of drug-likeness (QED) is 0.408. The fourth-order valence-corrected chi connectivity index (χ4v) is 3.61. The van der Waals surface area contributed by atoms with Gasteiger partial charge in [0.1, 0.15) is 12.4 Å². The minimum atomic E-state index is -0.705. The molecule has 2 unspecified atom stereocenters. The average molecular weight is 389 g/mol. The lowest BCUT2D eigenvalue weighted by Crippen LogP contribution is -2.33. The standard InChI is InChI=1S/C19H27N5O4/c25-14-17-6-3-7-22(17)11-16-5-2-1-4-15(16)8-20-10-19(26)13-23-12-18(9-21-23)24(27)28/h1-2,4-5,9,12,17,19-20,25-26H,3,6-8,10-11,13-14H2. The first-order valence-corrected chi connectivity index (χ1v) is 9.54. The van der Waals surface area contributed by atoms with E-state index in [1.165, 1.54) is 22.6 Å². The van der Waals surface area contributed by atoms with Crippen LogP contribution in [0.25, 0.3) is 0 Å². The molecule has 0 amide bonds. The molecule has 2 heterocycles. The highest BCUT2D eigenvalue weighted by Gasteiger charge is 2.24. The van der Waals surface area contributed by atoms with Crippen LogP contribution in [0.5, 0.6) is 0 Å². The van der Waals surface area contributed by atoms with E-state index in [2.05, 4.69) is 27.4 Å². The Bertz CT molecular complexity index is 781. The number of likely N-dealkylation sites (tertiary alicyclic amines) is 1. The van der Waals surface area contributed by atoms with Gasteiger partial charge in [0.2, 0.25) is 0 Å². The van der Waals surface area contributed by atoms with Crippen molar-refractivity contribution in [1.82, 2.24) is 20.0 Å². The fourth-order valence-electron chi connectivity index (χ4n) is 3.61. The number of rotatable bonds is 10. The van der Waals surface area contributed by atoms with Gasteiger partial charge in [-0.15, -0.1) is 0 Å². The van der Waals surface area contributed by atoms with Crippen molar-refractivity contribution in [3.8, 4) is 0 Å². The van der Waals surface area contributed by atoms with Gasteiger partial charge < -0.3 is 15.5 Å². The molecule has 1 aliphatic heterocycles. The van der Waals surface area contributed by atoms with Crippen LogP contribution < -0.4 is 5.32 Å². The van der Waals surface area contributed by atoms with E-state index in [4.69, 9.17) is 0 Å². The Morgan fingerprint density at radius 1 is 1.36 bits per heavy atom. The maximum Gasteiger partial charge on any atom is 0.306 e. The molecule has 3 N–H and O–H groups in total. The first kappa shape index (κ1) is 20.4. The zero-order valence-corrected chi connectivity index (χ0v) is 15.8. The van der Waals surface area contributed by atoms with Crippen LogP contribution >= 0.6 is 0 Å². The van der Waals surface area contributed by atoms with Crippen molar-refractivity contribution in [2.75, 3.05) is 19.7 Å². The normalized spacial score (nSPS) is 18.4. The van der Waals surface area contributed by atoms with Gasteiger partial charge in [-0.25, -0.2) is 0 Å². The Morgan fingerprint density at radius 2 is 2.14 bits per heavy atom. The monoisotopic (exact) mass is 389 g/mol. The molecule has 0 bridgehead atoms. The molecule has 0 saturated carbocycles. The summed E-state index contributed by atoms with van der Waals surface area (Å²) in [5.74, 6) is 0. The van der Waals surface area contributed by atoms with Gasteiger partial charge in [0, 0.05) is 25.7 Å². The molecule has 28 heavy (non-hydrogen) atoms. The molecule has 1 fully saturated rings. The van der Waals surface area contributed by atoms with Gasteiger partial charge in [-0.3, -0.25) is 19.7 Å². The third-order valence-electron chi connectivity index (χ3n) is 5.13. The summed E-state index contributed by atoms with van der Waals surface area (Å²) in [6, 6.07) is 8.41. The number of hydrogen-bond donors (Lipinski definition) is 3. The van der Waals surface area contributed by atoms with Gasteiger partial charge in [0.15, 0.2) is 0 Å². The van der Waals surface area contributed by atoms with Crippen LogP contribution in [0.3, 0.4) is 0 Å². The number of nitrogens with zero attached hydrogens (tertiary/aromatic N) is 4. The molecule has 2 atom stereocenters. The molecule has 1 aromatic heterocycles. The Kier molecular flexibility index (Phi) is 7.10. The van der Waals surface area contributed by atoms with Crippen molar-refractivity contribution < 1.29 is 15.1 Å². The lowest BCUT2D eigenvalue weighted by molar-refractivity contribution is -0.385. The third kappa shape index (κ3) is 5.35. The maximum atomic E-state index is 10.7. The van der Waals surface area contributed by atoms with E-state index in [1.807, 2.05) is 12.1 Å². The summed E-state index contributed by atoms with van der Waals surface area (Å²) in [6.45, 7) is 3.16. The van der Waals surface area contributed by atoms with E-state index in [1.54, 1.807) is 0 Å². The predicted molar refractivity (Wildman–Crippen MR) is 104 cm³/mol. The number of nitro groups is 1. The lowest BCUT2D eigenvalue weighted by Gasteiger charge is -2.24. The summed E-state index contributed by atoms with van der Waals surface area (Å²) in [7, 11) is 0. The second-order valence-corrected chi connectivity index (χ2v) is 7.18. The molecule has 1 aliphatic rings. The third-order valence-corrected chi connectivity index (χ3v) is 5.13. The van der Waals surface area contributed by atoms with E-state index in [0.717, 1.165) is 31.5 Å². The van der Waals surface area contributed by atoms with Crippen LogP contribution in [0.1, 0.15) is 24.0 Å². The predicted octanol–water partition coefficient (Wildman–Crippen LogP) is 0.899. The van der Waals surface area contributed by atoms with Crippen LogP contribution in [-0.2, 0) is 19.6 Å². The van der Waals surface area contributed by atoms with Crippen LogP contribution in [0.15, 0.2) is 36.7 Å². The van der Waals surface area contributed by atoms with Gasteiger partial charge in [-0.2, -0.15) is 5.10 Å². The Balaban J connectivity index is 1.49. The fraction of sp³-hybridized carbons (Fsp3) is 0.526. The first-order chi connectivity index (χ1) is 13.6. The summed E-state index contributed by atoms with van der Waals surface area (Å²) in [4.78, 5) is 12.5. The molecular weight excluding hydrogens is 362 g/mol. The smallest absolute Gasteiger partial charge is 0.306 e. The first-order valence-electron chi connectivity index (χ1n) is 9.54. The highest BCUT2D eigenvalue weighted by Crippen LogP contribution is 2.21. The van der Waals surface area contributed by atoms with Gasteiger partial charge in [-0.05, 0) is 30.5 Å². The Hall–Kier alpha value is -2.33. The Labute approximate surface area is 163 Å². The van der Waals surface area contributed by atoms with Gasteiger partial charge in [0.25, 0.3) is 0 Å². The number of nitrogens with one attached hydrogen (secondary N) is 1. The van der Waals surface area contributed by atoms with Crippen LogP contribution in [0.4, 0.5) is 5.69 Å². The number of benzene rings is 1. The van der Waals surface area contributed by atoms with Crippen LogP contribution in [-0.4, -0.2) is 61.7 Å². The van der Waals surface area contributed by atoms with Gasteiger partial charge in [-0.1, -0.05) is 24.3 Å². The van der Waals surface area contributed by atoms with Crippen molar-refractivity contribution in [2.45, 2.75) is 44.6 Å². The Morgan fingerprint density at radius 3 is 2.86 bits per heavy atom. The highest BCUT2D eigenvalue weighted by atomic mass is 16.6. The SMILES string of the molecule is O=[N+]([O-])c1cnn(CC(O)CNCc2ccccc2CN2CCCC2CO)c1. The lowest BCUT2D eigenvalue weighted by atomic mass is 10.1. The number of aromatic nitrogens is 2. The summed E-state index contributed by atoms with van der Waals surface area (Å²) in [6.07, 6.45) is 3.93. The van der Waals surface area contributed by atoms with E-state index in [0.29, 0.717) is 13.1 Å². The number of aliphatic hydroxyl groups is 2. The molecule has 0 aliphatic carbocycles. The summed E-state index contributed by atoms with van der Waals surface area (Å²) in [5, 5.41) is 37.5. The van der Waals surface area contributed by atoms with E-state index in [9.17, 15) is 20.3 Å². The van der Waals surface area contributed by atoms with Crippen LogP contribution in [0.2, 0.25) is 0 Å². The van der Waals surface area contributed by atoms with Crippen molar-refractivity contribution in [3.05, 3.63) is 57.9 Å². The molecule has 2 aromatic rings. The zero-order valence-electron chi connectivity index (χ0n) is 15.8. The molecule has 0 radical (unpaired) electrons. The number of hydrogen-bond acceptors (Lipinski definition) is 7. The van der Waals surface area contributed by atoms with Crippen LogP contribution in [0, 0.1) is 10.1 Å². The largest absolute Gasteiger partial charge is 0.395 e.